The molecule has 1 aromatic heterocycles. The predicted molar refractivity (Wildman–Crippen MR) is 105 cm³/mol. The van der Waals surface area contributed by atoms with Gasteiger partial charge in [-0.3, -0.25) is 14.6 Å². The average Bonchev–Trinajstić information content (AvgIpc) is 2.66. The summed E-state index contributed by atoms with van der Waals surface area (Å²) in [5, 5.41) is 0. The number of nitrogens with zero attached hydrogens (tertiary/aromatic N) is 3. The Labute approximate surface area is 160 Å². The SMILES string of the molecule is CCSCCC(=O)N1CCC2(CCC(=O)N(Cc3ccncc3)C2)CC1. The highest BCUT2D eigenvalue weighted by molar-refractivity contribution is 7.99. The molecule has 2 fully saturated rings. The molecular formula is C20H29N3O2S. The minimum Gasteiger partial charge on any atom is -0.343 e. The highest BCUT2D eigenvalue weighted by Gasteiger charge is 2.41. The maximum Gasteiger partial charge on any atom is 0.223 e. The van der Waals surface area contributed by atoms with Gasteiger partial charge >= 0.3 is 0 Å². The Bertz CT molecular complexity index is 615. The maximum absolute atomic E-state index is 12.4. The van der Waals surface area contributed by atoms with E-state index in [-0.39, 0.29) is 11.3 Å². The van der Waals surface area contributed by atoms with Gasteiger partial charge in [-0.1, -0.05) is 6.92 Å². The van der Waals surface area contributed by atoms with Gasteiger partial charge in [0.2, 0.25) is 11.8 Å². The first-order valence-corrected chi connectivity index (χ1v) is 10.8. The zero-order valence-electron chi connectivity index (χ0n) is 15.7. The predicted octanol–water partition coefficient (Wildman–Crippen LogP) is 2.96. The fourth-order valence-corrected chi connectivity index (χ4v) is 4.66. The third kappa shape index (κ3) is 4.78. The molecule has 2 amide bonds. The first-order chi connectivity index (χ1) is 12.6. The monoisotopic (exact) mass is 375 g/mol. The molecular weight excluding hydrogens is 346 g/mol. The molecule has 0 saturated carbocycles. The number of hydrogen-bond acceptors (Lipinski definition) is 4. The second kappa shape index (κ2) is 8.89. The van der Waals surface area contributed by atoms with Crippen LogP contribution in [0, 0.1) is 5.41 Å². The second-order valence-electron chi connectivity index (χ2n) is 7.43. The van der Waals surface area contributed by atoms with Gasteiger partial charge in [-0.15, -0.1) is 0 Å². The average molecular weight is 376 g/mol. The lowest BCUT2D eigenvalue weighted by atomic mass is 9.72. The Hall–Kier alpha value is -1.56. The van der Waals surface area contributed by atoms with E-state index in [4.69, 9.17) is 0 Å². The van der Waals surface area contributed by atoms with Gasteiger partial charge in [0.15, 0.2) is 0 Å². The summed E-state index contributed by atoms with van der Waals surface area (Å²) < 4.78 is 0. The van der Waals surface area contributed by atoms with Gasteiger partial charge in [-0.25, -0.2) is 0 Å². The van der Waals surface area contributed by atoms with E-state index in [1.54, 1.807) is 12.4 Å². The lowest BCUT2D eigenvalue weighted by molar-refractivity contribution is -0.143. The van der Waals surface area contributed by atoms with Gasteiger partial charge < -0.3 is 9.80 Å². The molecule has 0 N–H and O–H groups in total. The molecule has 6 heteroatoms. The van der Waals surface area contributed by atoms with Gasteiger partial charge in [0.25, 0.3) is 0 Å². The molecule has 26 heavy (non-hydrogen) atoms. The summed E-state index contributed by atoms with van der Waals surface area (Å²) in [7, 11) is 0. The van der Waals surface area contributed by atoms with E-state index in [1.807, 2.05) is 33.7 Å². The van der Waals surface area contributed by atoms with Gasteiger partial charge in [-0.05, 0) is 48.1 Å². The van der Waals surface area contributed by atoms with Crippen LogP contribution in [0.1, 0.15) is 44.6 Å². The third-order valence-electron chi connectivity index (χ3n) is 5.71. The topological polar surface area (TPSA) is 53.5 Å². The number of carbonyl (C=O) groups excluding carboxylic acids is 2. The van der Waals surface area contributed by atoms with Crippen LogP contribution >= 0.6 is 11.8 Å². The fraction of sp³-hybridized carbons (Fsp3) is 0.650. The van der Waals surface area contributed by atoms with Crippen molar-refractivity contribution in [2.45, 2.75) is 45.6 Å². The standard InChI is InChI=1S/C20H29N3O2S/c1-2-26-14-6-19(25)22-12-8-20(9-13-22)7-3-18(24)23(16-20)15-17-4-10-21-11-5-17/h4-5,10-11H,2-3,6-9,12-16H2,1H3. The highest BCUT2D eigenvalue weighted by Crippen LogP contribution is 2.40. The Morgan fingerprint density at radius 1 is 1.23 bits per heavy atom. The fourth-order valence-electron chi connectivity index (χ4n) is 4.06. The number of amides is 2. The van der Waals surface area contributed by atoms with Crippen LogP contribution in [0.15, 0.2) is 24.5 Å². The highest BCUT2D eigenvalue weighted by atomic mass is 32.2. The van der Waals surface area contributed by atoms with Crippen molar-refractivity contribution in [3.05, 3.63) is 30.1 Å². The number of rotatable bonds is 6. The number of piperidine rings is 2. The maximum atomic E-state index is 12.4. The molecule has 0 aliphatic carbocycles. The smallest absolute Gasteiger partial charge is 0.223 e. The molecule has 0 bridgehead atoms. The number of pyridine rings is 1. The van der Waals surface area contributed by atoms with E-state index in [0.717, 1.165) is 56.0 Å². The van der Waals surface area contributed by atoms with E-state index < -0.39 is 0 Å². The first kappa shape index (κ1) is 19.2. The van der Waals surface area contributed by atoms with E-state index in [0.29, 0.717) is 25.3 Å². The molecule has 2 saturated heterocycles. The van der Waals surface area contributed by atoms with E-state index in [9.17, 15) is 9.59 Å². The quantitative estimate of drug-likeness (QED) is 0.718. The van der Waals surface area contributed by atoms with Crippen LogP contribution in [0.5, 0.6) is 0 Å². The van der Waals surface area contributed by atoms with Crippen LogP contribution in [-0.2, 0) is 16.1 Å². The number of carbonyl (C=O) groups is 2. The summed E-state index contributed by atoms with van der Waals surface area (Å²) in [4.78, 5) is 32.8. The molecule has 0 aromatic carbocycles. The zero-order valence-corrected chi connectivity index (χ0v) is 16.5. The number of aromatic nitrogens is 1. The van der Waals surface area contributed by atoms with E-state index in [1.165, 1.54) is 0 Å². The summed E-state index contributed by atoms with van der Waals surface area (Å²) >= 11 is 1.83. The summed E-state index contributed by atoms with van der Waals surface area (Å²) in [6.45, 7) is 5.30. The van der Waals surface area contributed by atoms with Crippen molar-refractivity contribution in [2.24, 2.45) is 5.41 Å². The summed E-state index contributed by atoms with van der Waals surface area (Å²) in [5.41, 5.74) is 1.32. The van der Waals surface area contributed by atoms with Gasteiger partial charge in [0, 0.05) is 57.2 Å². The molecule has 1 spiro atoms. The molecule has 3 rings (SSSR count). The van der Waals surface area contributed by atoms with Crippen LogP contribution in [0.3, 0.4) is 0 Å². The van der Waals surface area contributed by atoms with Crippen LogP contribution in [-0.4, -0.2) is 57.7 Å². The van der Waals surface area contributed by atoms with Crippen molar-refractivity contribution in [1.82, 2.24) is 14.8 Å². The van der Waals surface area contributed by atoms with Crippen LogP contribution in [0.2, 0.25) is 0 Å². The lowest BCUT2D eigenvalue weighted by Crippen LogP contribution is -2.52. The summed E-state index contributed by atoms with van der Waals surface area (Å²) in [6, 6.07) is 3.95. The van der Waals surface area contributed by atoms with Crippen molar-refractivity contribution in [3.8, 4) is 0 Å². The molecule has 0 atom stereocenters. The van der Waals surface area contributed by atoms with Crippen molar-refractivity contribution >= 4 is 23.6 Å². The van der Waals surface area contributed by atoms with Crippen molar-refractivity contribution < 1.29 is 9.59 Å². The van der Waals surface area contributed by atoms with Gasteiger partial charge in [0.05, 0.1) is 0 Å². The molecule has 1 aromatic rings. The molecule has 0 unspecified atom stereocenters. The first-order valence-electron chi connectivity index (χ1n) is 9.64. The molecule has 5 nitrogen and oxygen atoms in total. The van der Waals surface area contributed by atoms with Crippen LogP contribution in [0.25, 0.3) is 0 Å². The molecule has 2 aliphatic rings. The van der Waals surface area contributed by atoms with Crippen molar-refractivity contribution in [3.63, 3.8) is 0 Å². The zero-order chi connectivity index (χ0) is 18.4. The minimum atomic E-state index is 0.190. The van der Waals surface area contributed by atoms with Gasteiger partial charge in [-0.2, -0.15) is 11.8 Å². The second-order valence-corrected chi connectivity index (χ2v) is 8.83. The van der Waals surface area contributed by atoms with Gasteiger partial charge in [0.1, 0.15) is 0 Å². The normalized spacial score (nSPS) is 19.8. The Morgan fingerprint density at radius 2 is 1.96 bits per heavy atom. The van der Waals surface area contributed by atoms with Crippen molar-refractivity contribution in [2.75, 3.05) is 31.1 Å². The third-order valence-corrected chi connectivity index (χ3v) is 6.61. The molecule has 2 aliphatic heterocycles. The summed E-state index contributed by atoms with van der Waals surface area (Å²) in [5.74, 6) is 2.53. The Morgan fingerprint density at radius 3 is 2.65 bits per heavy atom. The number of hydrogen-bond donors (Lipinski definition) is 0. The molecule has 142 valence electrons. The van der Waals surface area contributed by atoms with Crippen LogP contribution < -0.4 is 0 Å². The van der Waals surface area contributed by atoms with E-state index >= 15 is 0 Å². The van der Waals surface area contributed by atoms with Crippen LogP contribution in [0.4, 0.5) is 0 Å². The number of thioether (sulfide) groups is 1. The lowest BCUT2D eigenvalue weighted by Gasteiger charge is -2.47. The number of likely N-dealkylation sites (tertiary alicyclic amines) is 2. The minimum absolute atomic E-state index is 0.190. The molecule has 0 radical (unpaired) electrons. The molecule has 3 heterocycles. The van der Waals surface area contributed by atoms with E-state index in [2.05, 4.69) is 11.9 Å². The van der Waals surface area contributed by atoms with Crippen molar-refractivity contribution in [1.29, 1.82) is 0 Å². The Balaban J connectivity index is 1.54. The summed E-state index contributed by atoms with van der Waals surface area (Å²) in [6.07, 6.45) is 7.83. The Kier molecular flexibility index (Phi) is 6.57. The largest absolute Gasteiger partial charge is 0.343 e.